The summed E-state index contributed by atoms with van der Waals surface area (Å²) in [6.45, 7) is 4.02. The molecule has 0 aliphatic carbocycles. The number of aryl methyl sites for hydroxylation is 2. The molecule has 23 heavy (non-hydrogen) atoms. The fourth-order valence-corrected chi connectivity index (χ4v) is 2.33. The highest BCUT2D eigenvalue weighted by Crippen LogP contribution is 2.21. The number of hydrogen-bond acceptors (Lipinski definition) is 1. The number of halogens is 2. The predicted molar refractivity (Wildman–Crippen MR) is 91.9 cm³/mol. The fraction of sp³-hybridized carbons (Fsp3) is 0.211. The number of benzene rings is 2. The standard InChI is InChI=1S/C19H19BF2O/c1-3-14-5-9-16(10-6-14)18(20(21)22)13-19(23)17-11-7-15(4-2)8-12-17/h5-13H,3-4H2,1-2H3/b18-13-. The summed E-state index contributed by atoms with van der Waals surface area (Å²) in [5.41, 5.74) is 2.75. The van der Waals surface area contributed by atoms with Crippen molar-refractivity contribution in [1.82, 2.24) is 0 Å². The van der Waals surface area contributed by atoms with Crippen LogP contribution < -0.4 is 0 Å². The van der Waals surface area contributed by atoms with Crippen molar-refractivity contribution in [3.05, 3.63) is 76.9 Å². The van der Waals surface area contributed by atoms with Crippen LogP contribution in [0, 0.1) is 0 Å². The Hall–Kier alpha value is -2.23. The molecule has 0 atom stereocenters. The molecular formula is C19H19BF2O. The molecular weight excluding hydrogens is 293 g/mol. The maximum atomic E-state index is 13.3. The first-order valence-corrected chi connectivity index (χ1v) is 7.77. The molecule has 0 N–H and O–H groups in total. The molecule has 0 saturated heterocycles. The van der Waals surface area contributed by atoms with Crippen molar-refractivity contribution >= 4 is 18.5 Å². The van der Waals surface area contributed by atoms with Crippen molar-refractivity contribution in [2.75, 3.05) is 0 Å². The molecule has 0 aromatic heterocycles. The van der Waals surface area contributed by atoms with Crippen molar-refractivity contribution in [3.8, 4) is 0 Å². The minimum Gasteiger partial charge on any atom is -0.289 e. The Balaban J connectivity index is 2.31. The van der Waals surface area contributed by atoms with Gasteiger partial charge in [-0.05, 0) is 35.6 Å². The first kappa shape index (κ1) is 17.1. The van der Waals surface area contributed by atoms with Crippen LogP contribution in [-0.2, 0) is 12.8 Å². The number of hydrogen-bond donors (Lipinski definition) is 0. The van der Waals surface area contributed by atoms with E-state index in [4.69, 9.17) is 0 Å². The van der Waals surface area contributed by atoms with E-state index in [0.717, 1.165) is 30.0 Å². The second kappa shape index (κ2) is 7.86. The molecule has 0 unspecified atom stereocenters. The molecule has 1 nitrogen and oxygen atoms in total. The van der Waals surface area contributed by atoms with Gasteiger partial charge >= 0.3 is 7.27 Å². The van der Waals surface area contributed by atoms with Gasteiger partial charge in [0.05, 0.1) is 0 Å². The largest absolute Gasteiger partial charge is 0.572 e. The van der Waals surface area contributed by atoms with Gasteiger partial charge < -0.3 is 0 Å². The first-order chi connectivity index (χ1) is 11.0. The molecule has 118 valence electrons. The van der Waals surface area contributed by atoms with Crippen LogP contribution in [0.2, 0.25) is 0 Å². The van der Waals surface area contributed by atoms with E-state index in [9.17, 15) is 13.4 Å². The van der Waals surface area contributed by atoms with Gasteiger partial charge in [0.25, 0.3) is 0 Å². The molecule has 0 spiro atoms. The highest BCUT2D eigenvalue weighted by atomic mass is 19.2. The number of rotatable bonds is 6. The van der Waals surface area contributed by atoms with Crippen molar-refractivity contribution in [1.29, 1.82) is 0 Å². The van der Waals surface area contributed by atoms with E-state index >= 15 is 0 Å². The van der Waals surface area contributed by atoms with E-state index in [1.54, 1.807) is 24.3 Å². The summed E-state index contributed by atoms with van der Waals surface area (Å²) in [6, 6.07) is 14.0. The molecule has 0 amide bonds. The number of allylic oxidation sites excluding steroid dienone is 1. The van der Waals surface area contributed by atoms with Gasteiger partial charge in [-0.3, -0.25) is 13.4 Å². The summed E-state index contributed by atoms with van der Waals surface area (Å²) in [5, 5.41) is 0. The summed E-state index contributed by atoms with van der Waals surface area (Å²) < 4.78 is 26.7. The zero-order valence-corrected chi connectivity index (χ0v) is 13.4. The smallest absolute Gasteiger partial charge is 0.289 e. The highest BCUT2D eigenvalue weighted by Gasteiger charge is 2.23. The Labute approximate surface area is 136 Å². The van der Waals surface area contributed by atoms with Crippen LogP contribution in [0.15, 0.2) is 54.6 Å². The van der Waals surface area contributed by atoms with Gasteiger partial charge in [-0.25, -0.2) is 0 Å². The lowest BCUT2D eigenvalue weighted by Gasteiger charge is -2.06. The highest BCUT2D eigenvalue weighted by molar-refractivity contribution is 6.67. The molecule has 0 heterocycles. The third kappa shape index (κ3) is 4.38. The Morgan fingerprint density at radius 1 is 0.870 bits per heavy atom. The number of carbonyl (C=O) groups excluding carboxylic acids is 1. The SMILES string of the molecule is CCc1ccc(C(=O)/C=C(\B(F)F)c2ccc(CC)cc2)cc1. The van der Waals surface area contributed by atoms with E-state index in [1.807, 2.05) is 38.1 Å². The Morgan fingerprint density at radius 2 is 1.30 bits per heavy atom. The molecule has 2 aromatic carbocycles. The number of ketones is 1. The molecule has 0 radical (unpaired) electrons. The molecule has 0 aliphatic rings. The summed E-state index contributed by atoms with van der Waals surface area (Å²) in [5.74, 6) is -0.400. The molecule has 0 bridgehead atoms. The summed E-state index contributed by atoms with van der Waals surface area (Å²) >= 11 is 0. The Bertz CT molecular complexity index is 688. The van der Waals surface area contributed by atoms with Crippen LogP contribution in [0.3, 0.4) is 0 Å². The van der Waals surface area contributed by atoms with E-state index in [1.165, 1.54) is 0 Å². The second-order valence-electron chi connectivity index (χ2n) is 5.37. The first-order valence-electron chi connectivity index (χ1n) is 7.77. The van der Waals surface area contributed by atoms with Gasteiger partial charge in [0.15, 0.2) is 5.78 Å². The van der Waals surface area contributed by atoms with E-state index in [2.05, 4.69) is 0 Å². The van der Waals surface area contributed by atoms with Gasteiger partial charge in [-0.1, -0.05) is 62.4 Å². The molecule has 0 saturated carbocycles. The average Bonchev–Trinajstić information content (AvgIpc) is 2.59. The molecule has 2 aromatic rings. The topological polar surface area (TPSA) is 17.1 Å². The zero-order chi connectivity index (χ0) is 16.8. The van der Waals surface area contributed by atoms with Crippen LogP contribution >= 0.6 is 0 Å². The minimum atomic E-state index is -2.69. The molecule has 4 heteroatoms. The average molecular weight is 312 g/mol. The van der Waals surface area contributed by atoms with Crippen LogP contribution in [0.5, 0.6) is 0 Å². The van der Waals surface area contributed by atoms with Crippen molar-refractivity contribution in [3.63, 3.8) is 0 Å². The van der Waals surface area contributed by atoms with Crippen molar-refractivity contribution < 1.29 is 13.4 Å². The monoisotopic (exact) mass is 312 g/mol. The van der Waals surface area contributed by atoms with Crippen LogP contribution in [0.4, 0.5) is 8.63 Å². The minimum absolute atomic E-state index is 0.239. The second-order valence-corrected chi connectivity index (χ2v) is 5.37. The van der Waals surface area contributed by atoms with E-state index in [-0.39, 0.29) is 5.47 Å². The summed E-state index contributed by atoms with van der Waals surface area (Å²) in [4.78, 5) is 12.2. The van der Waals surface area contributed by atoms with Crippen molar-refractivity contribution in [2.24, 2.45) is 0 Å². The normalized spacial score (nSPS) is 11.4. The van der Waals surface area contributed by atoms with E-state index in [0.29, 0.717) is 11.1 Å². The van der Waals surface area contributed by atoms with Gasteiger partial charge in [0, 0.05) is 11.0 Å². The zero-order valence-electron chi connectivity index (χ0n) is 13.4. The summed E-state index contributed by atoms with van der Waals surface area (Å²) in [6.07, 6.45) is 2.76. The number of carbonyl (C=O) groups is 1. The van der Waals surface area contributed by atoms with Crippen LogP contribution in [0.1, 0.15) is 40.9 Å². The van der Waals surface area contributed by atoms with Gasteiger partial charge in [-0.2, -0.15) is 0 Å². The lowest BCUT2D eigenvalue weighted by atomic mass is 9.78. The quantitative estimate of drug-likeness (QED) is 0.415. The predicted octanol–water partition coefficient (Wildman–Crippen LogP) is 5.04. The molecule has 0 fully saturated rings. The maximum Gasteiger partial charge on any atom is 0.572 e. The van der Waals surface area contributed by atoms with Gasteiger partial charge in [-0.15, -0.1) is 0 Å². The third-order valence-corrected chi connectivity index (χ3v) is 3.86. The van der Waals surface area contributed by atoms with Crippen LogP contribution in [0.25, 0.3) is 5.47 Å². The Morgan fingerprint density at radius 3 is 1.70 bits per heavy atom. The lowest BCUT2D eigenvalue weighted by Crippen LogP contribution is -2.06. The van der Waals surface area contributed by atoms with Gasteiger partial charge in [0.1, 0.15) is 0 Å². The third-order valence-electron chi connectivity index (χ3n) is 3.86. The molecule has 0 aliphatic heterocycles. The van der Waals surface area contributed by atoms with Crippen LogP contribution in [-0.4, -0.2) is 13.1 Å². The fourth-order valence-electron chi connectivity index (χ4n) is 2.33. The summed E-state index contributed by atoms with van der Waals surface area (Å²) in [7, 11) is -2.69. The van der Waals surface area contributed by atoms with Crippen molar-refractivity contribution in [2.45, 2.75) is 26.7 Å². The lowest BCUT2D eigenvalue weighted by molar-refractivity contribution is 0.104. The maximum absolute atomic E-state index is 13.3. The van der Waals surface area contributed by atoms with E-state index < -0.39 is 13.1 Å². The molecule has 2 rings (SSSR count). The Kier molecular flexibility index (Phi) is 5.86. The van der Waals surface area contributed by atoms with Gasteiger partial charge in [0.2, 0.25) is 0 Å².